The molecule has 0 radical (unpaired) electrons. The van der Waals surface area contributed by atoms with Gasteiger partial charge in [-0.1, -0.05) is 18.2 Å². The van der Waals surface area contributed by atoms with Crippen molar-refractivity contribution in [2.75, 3.05) is 7.11 Å². The fraction of sp³-hybridized carbons (Fsp3) is 0.200. The quantitative estimate of drug-likeness (QED) is 0.686. The Labute approximate surface area is 131 Å². The maximum absolute atomic E-state index is 12.7. The third-order valence-electron chi connectivity index (χ3n) is 3.45. The number of hydrogen-bond acceptors (Lipinski definition) is 5. The van der Waals surface area contributed by atoms with E-state index >= 15 is 0 Å². The first-order valence-electron chi connectivity index (χ1n) is 6.91. The molecule has 3 aromatic rings. The minimum absolute atomic E-state index is 0.0346. The molecular formula is C15H15N5O3. The zero-order chi connectivity index (χ0) is 16.4. The van der Waals surface area contributed by atoms with Gasteiger partial charge in [-0.2, -0.15) is 4.68 Å². The van der Waals surface area contributed by atoms with E-state index in [0.717, 1.165) is 9.25 Å². The van der Waals surface area contributed by atoms with Crippen LogP contribution in [0.5, 0.6) is 5.88 Å². The smallest absolute Gasteiger partial charge is 0.352 e. The number of para-hydroxylation sites is 1. The normalized spacial score (nSPS) is 10.7. The second-order valence-electron chi connectivity index (χ2n) is 4.88. The van der Waals surface area contributed by atoms with Crippen LogP contribution in [0.4, 0.5) is 0 Å². The van der Waals surface area contributed by atoms with Crippen molar-refractivity contribution in [1.82, 2.24) is 23.9 Å². The van der Waals surface area contributed by atoms with Crippen molar-refractivity contribution in [2.24, 2.45) is 7.05 Å². The largest absolute Gasteiger partial charge is 0.476 e. The Bertz CT molecular complexity index is 940. The molecule has 1 aromatic carbocycles. The number of aryl methyl sites for hydroxylation is 1. The van der Waals surface area contributed by atoms with Crippen molar-refractivity contribution in [3.8, 4) is 11.6 Å². The molecule has 0 unspecified atom stereocenters. The van der Waals surface area contributed by atoms with Crippen LogP contribution in [0.1, 0.15) is 5.82 Å². The number of ether oxygens (including phenoxy) is 1. The fourth-order valence-corrected chi connectivity index (χ4v) is 2.19. The van der Waals surface area contributed by atoms with Gasteiger partial charge in [0.2, 0.25) is 0 Å². The predicted molar refractivity (Wildman–Crippen MR) is 83.0 cm³/mol. The van der Waals surface area contributed by atoms with E-state index in [9.17, 15) is 9.59 Å². The molecule has 0 fully saturated rings. The summed E-state index contributed by atoms with van der Waals surface area (Å²) >= 11 is 0. The van der Waals surface area contributed by atoms with E-state index in [1.807, 2.05) is 6.07 Å². The molecule has 2 aromatic heterocycles. The molecule has 8 heteroatoms. The van der Waals surface area contributed by atoms with Gasteiger partial charge >= 0.3 is 11.2 Å². The SMILES string of the molecule is COc1nn(-c2ccccc2)c(=O)n(Cc2nccn2C)c1=O. The van der Waals surface area contributed by atoms with Crippen molar-refractivity contribution in [1.29, 1.82) is 0 Å². The van der Waals surface area contributed by atoms with Gasteiger partial charge in [-0.15, -0.1) is 5.10 Å². The number of imidazole rings is 1. The second kappa shape index (κ2) is 5.91. The van der Waals surface area contributed by atoms with E-state index in [1.165, 1.54) is 7.11 Å². The van der Waals surface area contributed by atoms with Crippen LogP contribution in [-0.2, 0) is 13.6 Å². The first kappa shape index (κ1) is 14.8. The lowest BCUT2D eigenvalue weighted by Gasteiger charge is -2.11. The van der Waals surface area contributed by atoms with Crippen molar-refractivity contribution in [3.63, 3.8) is 0 Å². The summed E-state index contributed by atoms with van der Waals surface area (Å²) < 4.78 is 8.96. The molecule has 0 spiro atoms. The number of rotatable bonds is 4. The van der Waals surface area contributed by atoms with Crippen LogP contribution in [0.2, 0.25) is 0 Å². The molecule has 0 saturated carbocycles. The lowest BCUT2D eigenvalue weighted by molar-refractivity contribution is 0.366. The summed E-state index contributed by atoms with van der Waals surface area (Å²) in [5, 5.41) is 3.99. The average molecular weight is 313 g/mol. The van der Waals surface area contributed by atoms with Gasteiger partial charge in [0.15, 0.2) is 0 Å². The van der Waals surface area contributed by atoms with Gasteiger partial charge in [0.05, 0.1) is 19.3 Å². The van der Waals surface area contributed by atoms with Crippen LogP contribution in [-0.4, -0.2) is 31.0 Å². The maximum Gasteiger partial charge on any atom is 0.352 e. The monoisotopic (exact) mass is 313 g/mol. The van der Waals surface area contributed by atoms with Gasteiger partial charge in [0, 0.05) is 19.4 Å². The molecule has 0 atom stereocenters. The Kier molecular flexibility index (Phi) is 3.80. The topological polar surface area (TPSA) is 83.9 Å². The molecular weight excluding hydrogens is 298 g/mol. The van der Waals surface area contributed by atoms with E-state index in [1.54, 1.807) is 48.3 Å². The van der Waals surface area contributed by atoms with E-state index in [4.69, 9.17) is 4.74 Å². The number of aromatic nitrogens is 5. The molecule has 0 amide bonds. The molecule has 0 aliphatic carbocycles. The Morgan fingerprint density at radius 3 is 2.52 bits per heavy atom. The summed E-state index contributed by atoms with van der Waals surface area (Å²) in [4.78, 5) is 29.2. The highest BCUT2D eigenvalue weighted by atomic mass is 16.5. The van der Waals surface area contributed by atoms with E-state index in [0.29, 0.717) is 11.5 Å². The molecule has 0 aliphatic rings. The number of hydrogen-bond donors (Lipinski definition) is 0. The van der Waals surface area contributed by atoms with Gasteiger partial charge in [-0.05, 0) is 12.1 Å². The van der Waals surface area contributed by atoms with Crippen LogP contribution < -0.4 is 16.0 Å². The Morgan fingerprint density at radius 1 is 1.17 bits per heavy atom. The average Bonchev–Trinajstić information content (AvgIpc) is 2.97. The zero-order valence-electron chi connectivity index (χ0n) is 12.7. The Balaban J connectivity index is 2.21. The van der Waals surface area contributed by atoms with Crippen molar-refractivity contribution < 1.29 is 4.74 Å². The first-order valence-corrected chi connectivity index (χ1v) is 6.91. The van der Waals surface area contributed by atoms with Crippen LogP contribution in [0.15, 0.2) is 52.3 Å². The minimum atomic E-state index is -0.590. The maximum atomic E-state index is 12.7. The summed E-state index contributed by atoms with van der Waals surface area (Å²) in [5.41, 5.74) is -0.595. The summed E-state index contributed by atoms with van der Waals surface area (Å²) in [6.07, 6.45) is 3.35. The number of nitrogens with zero attached hydrogens (tertiary/aromatic N) is 5. The molecule has 0 aliphatic heterocycles. The highest BCUT2D eigenvalue weighted by Crippen LogP contribution is 2.04. The summed E-state index contributed by atoms with van der Waals surface area (Å²) in [7, 11) is 3.14. The second-order valence-corrected chi connectivity index (χ2v) is 4.88. The lowest BCUT2D eigenvalue weighted by Crippen LogP contribution is -2.41. The predicted octanol–water partition coefficient (Wildman–Crippen LogP) is 0.185. The van der Waals surface area contributed by atoms with E-state index < -0.39 is 11.2 Å². The molecule has 23 heavy (non-hydrogen) atoms. The number of methoxy groups -OCH3 is 1. The summed E-state index contributed by atoms with van der Waals surface area (Å²) in [5.74, 6) is 0.430. The molecule has 118 valence electrons. The van der Waals surface area contributed by atoms with Crippen molar-refractivity contribution in [3.05, 3.63) is 69.4 Å². The molecule has 8 nitrogen and oxygen atoms in total. The molecule has 0 bridgehead atoms. The number of benzene rings is 1. The Morgan fingerprint density at radius 2 is 1.91 bits per heavy atom. The first-order chi connectivity index (χ1) is 11.1. The van der Waals surface area contributed by atoms with Crippen LogP contribution >= 0.6 is 0 Å². The summed E-state index contributed by atoms with van der Waals surface area (Å²) in [6.45, 7) is 0.0346. The standard InChI is InChI=1S/C15H15N5O3/c1-18-9-8-16-12(18)10-19-14(21)13(23-2)17-20(15(19)22)11-6-4-3-5-7-11/h3-9H,10H2,1-2H3. The van der Waals surface area contributed by atoms with Crippen LogP contribution in [0, 0.1) is 0 Å². The van der Waals surface area contributed by atoms with Crippen molar-refractivity contribution >= 4 is 0 Å². The van der Waals surface area contributed by atoms with Crippen LogP contribution in [0.25, 0.3) is 5.69 Å². The van der Waals surface area contributed by atoms with Gasteiger partial charge in [-0.25, -0.2) is 14.3 Å². The lowest BCUT2D eigenvalue weighted by atomic mass is 10.3. The third-order valence-corrected chi connectivity index (χ3v) is 3.45. The molecule has 3 rings (SSSR count). The van der Waals surface area contributed by atoms with Gasteiger partial charge < -0.3 is 9.30 Å². The van der Waals surface area contributed by atoms with E-state index in [2.05, 4.69) is 10.1 Å². The zero-order valence-corrected chi connectivity index (χ0v) is 12.7. The van der Waals surface area contributed by atoms with Gasteiger partial charge in [-0.3, -0.25) is 4.79 Å². The molecule has 0 N–H and O–H groups in total. The third kappa shape index (κ3) is 2.66. The fourth-order valence-electron chi connectivity index (χ4n) is 2.19. The van der Waals surface area contributed by atoms with Crippen molar-refractivity contribution in [2.45, 2.75) is 6.54 Å². The molecule has 2 heterocycles. The van der Waals surface area contributed by atoms with Gasteiger partial charge in [0.25, 0.3) is 5.88 Å². The Hall–Kier alpha value is -3.16. The highest BCUT2D eigenvalue weighted by Gasteiger charge is 2.16. The minimum Gasteiger partial charge on any atom is -0.476 e. The molecule has 0 saturated heterocycles. The van der Waals surface area contributed by atoms with Crippen LogP contribution in [0.3, 0.4) is 0 Å². The van der Waals surface area contributed by atoms with E-state index in [-0.39, 0.29) is 12.4 Å². The van der Waals surface area contributed by atoms with Gasteiger partial charge in [0.1, 0.15) is 5.82 Å². The summed E-state index contributed by atoms with van der Waals surface area (Å²) in [6, 6.07) is 8.84. The highest BCUT2D eigenvalue weighted by molar-refractivity contribution is 5.29.